The third kappa shape index (κ3) is 3.88. The lowest BCUT2D eigenvalue weighted by molar-refractivity contribution is -0.131. The number of carbonyl (C=O) groups is 1. The van der Waals surface area contributed by atoms with E-state index in [0.717, 1.165) is 24.6 Å². The van der Waals surface area contributed by atoms with Crippen LogP contribution in [-0.4, -0.2) is 42.4 Å². The van der Waals surface area contributed by atoms with Gasteiger partial charge in [-0.2, -0.15) is 11.8 Å². The summed E-state index contributed by atoms with van der Waals surface area (Å²) in [7, 11) is 1.86. The molecule has 4 heteroatoms. The Hall–Kier alpha value is -0.220. The van der Waals surface area contributed by atoms with Gasteiger partial charge in [0, 0.05) is 13.6 Å². The maximum Gasteiger partial charge on any atom is 0.239 e. The second kappa shape index (κ2) is 5.61. The van der Waals surface area contributed by atoms with Crippen LogP contribution in [0.15, 0.2) is 0 Å². The van der Waals surface area contributed by atoms with Crippen LogP contribution in [-0.2, 0) is 4.79 Å². The quantitative estimate of drug-likeness (QED) is 0.718. The number of nitrogens with two attached hydrogens (primary N) is 1. The fourth-order valence-corrected chi connectivity index (χ4v) is 1.92. The summed E-state index contributed by atoms with van der Waals surface area (Å²) in [6, 6.07) is -0.300. The lowest BCUT2D eigenvalue weighted by Gasteiger charge is -2.20. The highest BCUT2D eigenvalue weighted by atomic mass is 32.2. The van der Waals surface area contributed by atoms with Gasteiger partial charge in [-0.25, -0.2) is 0 Å². The first-order chi connectivity index (χ1) is 6.65. The number of rotatable bonds is 6. The lowest BCUT2D eigenvalue weighted by Crippen LogP contribution is -2.42. The van der Waals surface area contributed by atoms with Crippen molar-refractivity contribution in [2.24, 2.45) is 11.7 Å². The number of hydrogen-bond donors (Lipinski definition) is 1. The second-order valence-corrected chi connectivity index (χ2v) is 5.04. The van der Waals surface area contributed by atoms with Gasteiger partial charge in [-0.3, -0.25) is 4.79 Å². The van der Waals surface area contributed by atoms with E-state index in [2.05, 4.69) is 0 Å². The summed E-state index contributed by atoms with van der Waals surface area (Å²) in [6.07, 6.45) is 5.37. The zero-order valence-corrected chi connectivity index (χ0v) is 9.85. The van der Waals surface area contributed by atoms with E-state index in [1.807, 2.05) is 13.3 Å². The molecule has 0 saturated heterocycles. The van der Waals surface area contributed by atoms with E-state index >= 15 is 0 Å². The van der Waals surface area contributed by atoms with Crippen LogP contribution in [0.25, 0.3) is 0 Å². The lowest BCUT2D eigenvalue weighted by atomic mass is 10.2. The van der Waals surface area contributed by atoms with Gasteiger partial charge >= 0.3 is 0 Å². The Morgan fingerprint density at radius 2 is 2.29 bits per heavy atom. The van der Waals surface area contributed by atoms with Crippen LogP contribution in [0.5, 0.6) is 0 Å². The first-order valence-corrected chi connectivity index (χ1v) is 6.54. The van der Waals surface area contributed by atoms with Crippen LogP contribution in [0, 0.1) is 5.92 Å². The average molecular weight is 216 g/mol. The summed E-state index contributed by atoms with van der Waals surface area (Å²) in [5.41, 5.74) is 5.80. The van der Waals surface area contributed by atoms with Crippen LogP contribution in [0.4, 0.5) is 0 Å². The van der Waals surface area contributed by atoms with Gasteiger partial charge in [-0.1, -0.05) is 0 Å². The minimum atomic E-state index is -0.300. The topological polar surface area (TPSA) is 46.3 Å². The maximum absolute atomic E-state index is 11.7. The van der Waals surface area contributed by atoms with E-state index in [1.165, 1.54) is 12.8 Å². The zero-order valence-electron chi connectivity index (χ0n) is 9.03. The van der Waals surface area contributed by atoms with E-state index < -0.39 is 0 Å². The van der Waals surface area contributed by atoms with Crippen molar-refractivity contribution in [1.82, 2.24) is 4.90 Å². The third-order valence-corrected chi connectivity index (χ3v) is 3.20. The fraction of sp³-hybridized carbons (Fsp3) is 0.900. The van der Waals surface area contributed by atoms with Crippen molar-refractivity contribution in [3.63, 3.8) is 0 Å². The first-order valence-electron chi connectivity index (χ1n) is 5.14. The number of nitrogens with zero attached hydrogens (tertiary/aromatic N) is 1. The Labute approximate surface area is 90.4 Å². The highest BCUT2D eigenvalue weighted by molar-refractivity contribution is 7.98. The molecule has 0 aliphatic heterocycles. The predicted octanol–water partition coefficient (Wildman–Crippen LogP) is 0.935. The van der Waals surface area contributed by atoms with Gasteiger partial charge in [0.25, 0.3) is 0 Å². The maximum atomic E-state index is 11.7. The zero-order chi connectivity index (χ0) is 10.6. The molecular formula is C10H20N2OS. The van der Waals surface area contributed by atoms with Crippen molar-refractivity contribution in [2.45, 2.75) is 25.3 Å². The molecule has 82 valence electrons. The van der Waals surface area contributed by atoms with Crippen LogP contribution in [0.1, 0.15) is 19.3 Å². The minimum absolute atomic E-state index is 0.103. The number of likely N-dealkylation sites (N-methyl/N-ethyl adjacent to an activating group) is 1. The monoisotopic (exact) mass is 216 g/mol. The molecule has 2 N–H and O–H groups in total. The summed E-state index contributed by atoms with van der Waals surface area (Å²) in [5, 5.41) is 0. The third-order valence-electron chi connectivity index (χ3n) is 2.56. The highest BCUT2D eigenvalue weighted by Crippen LogP contribution is 2.29. The van der Waals surface area contributed by atoms with Gasteiger partial charge in [0.05, 0.1) is 6.04 Å². The molecule has 0 bridgehead atoms. The summed E-state index contributed by atoms with van der Waals surface area (Å²) >= 11 is 1.73. The van der Waals surface area contributed by atoms with Gasteiger partial charge in [0.15, 0.2) is 0 Å². The van der Waals surface area contributed by atoms with E-state index in [0.29, 0.717) is 0 Å². The van der Waals surface area contributed by atoms with Crippen molar-refractivity contribution in [3.8, 4) is 0 Å². The van der Waals surface area contributed by atoms with Crippen LogP contribution < -0.4 is 5.73 Å². The number of hydrogen-bond acceptors (Lipinski definition) is 3. The molecule has 1 atom stereocenters. The standard InChI is InChI=1S/C10H20N2OS/c1-12(7-8-3-4-8)10(13)9(11)5-6-14-2/h8-9H,3-7,11H2,1-2H3/t9-/m0/s1. The Kier molecular flexibility index (Phi) is 4.75. The molecule has 0 unspecified atom stereocenters. The summed E-state index contributed by atoms with van der Waals surface area (Å²) < 4.78 is 0. The van der Waals surface area contributed by atoms with Crippen molar-refractivity contribution in [2.75, 3.05) is 25.6 Å². The molecule has 0 aromatic carbocycles. The molecule has 0 heterocycles. The molecule has 1 fully saturated rings. The van der Waals surface area contributed by atoms with Gasteiger partial charge in [-0.05, 0) is 37.2 Å². The molecule has 14 heavy (non-hydrogen) atoms. The molecule has 1 amide bonds. The Balaban J connectivity index is 2.22. The second-order valence-electron chi connectivity index (χ2n) is 4.05. The SMILES string of the molecule is CSCC[C@H](N)C(=O)N(C)CC1CC1. The van der Waals surface area contributed by atoms with Gasteiger partial charge in [-0.15, -0.1) is 0 Å². The Morgan fingerprint density at radius 3 is 2.79 bits per heavy atom. The number of thioether (sulfide) groups is 1. The first kappa shape index (κ1) is 11.9. The van der Waals surface area contributed by atoms with Crippen molar-refractivity contribution < 1.29 is 4.79 Å². The van der Waals surface area contributed by atoms with Crippen LogP contribution in [0.3, 0.4) is 0 Å². The average Bonchev–Trinajstić information content (AvgIpc) is 2.96. The molecule has 0 spiro atoms. The van der Waals surface area contributed by atoms with E-state index in [9.17, 15) is 4.79 Å². The molecule has 1 rings (SSSR count). The largest absolute Gasteiger partial charge is 0.344 e. The summed E-state index contributed by atoms with van der Waals surface area (Å²) in [4.78, 5) is 13.5. The van der Waals surface area contributed by atoms with Crippen LogP contribution in [0.2, 0.25) is 0 Å². The molecule has 1 aliphatic carbocycles. The van der Waals surface area contributed by atoms with E-state index in [1.54, 1.807) is 16.7 Å². The van der Waals surface area contributed by atoms with Crippen LogP contribution >= 0.6 is 11.8 Å². The highest BCUT2D eigenvalue weighted by Gasteiger charge is 2.26. The molecule has 3 nitrogen and oxygen atoms in total. The normalized spacial score (nSPS) is 17.9. The fourth-order valence-electron chi connectivity index (χ4n) is 1.43. The Bertz CT molecular complexity index is 195. The molecule has 0 radical (unpaired) electrons. The van der Waals surface area contributed by atoms with Gasteiger partial charge in [0.2, 0.25) is 5.91 Å². The molecule has 1 aliphatic rings. The van der Waals surface area contributed by atoms with E-state index in [4.69, 9.17) is 5.73 Å². The Morgan fingerprint density at radius 1 is 1.64 bits per heavy atom. The van der Waals surface area contributed by atoms with Crippen molar-refractivity contribution in [3.05, 3.63) is 0 Å². The van der Waals surface area contributed by atoms with Gasteiger partial charge < -0.3 is 10.6 Å². The molecule has 1 saturated carbocycles. The number of carbonyl (C=O) groups excluding carboxylic acids is 1. The van der Waals surface area contributed by atoms with Crippen molar-refractivity contribution in [1.29, 1.82) is 0 Å². The smallest absolute Gasteiger partial charge is 0.239 e. The molecule has 0 aromatic heterocycles. The summed E-state index contributed by atoms with van der Waals surface area (Å²) in [6.45, 7) is 0.895. The minimum Gasteiger partial charge on any atom is -0.344 e. The summed E-state index contributed by atoms with van der Waals surface area (Å²) in [5.74, 6) is 1.81. The predicted molar refractivity (Wildman–Crippen MR) is 61.3 cm³/mol. The molecular weight excluding hydrogens is 196 g/mol. The molecule has 0 aromatic rings. The van der Waals surface area contributed by atoms with Crippen molar-refractivity contribution >= 4 is 17.7 Å². The van der Waals surface area contributed by atoms with Gasteiger partial charge in [0.1, 0.15) is 0 Å². The number of amides is 1. The van der Waals surface area contributed by atoms with E-state index in [-0.39, 0.29) is 11.9 Å².